The molecule has 0 saturated carbocycles. The van der Waals surface area contributed by atoms with E-state index in [1.807, 2.05) is 0 Å². The third-order valence-corrected chi connectivity index (χ3v) is 4.78. The molecular formula is C18H20F2N6O4. The van der Waals surface area contributed by atoms with E-state index in [2.05, 4.69) is 31.5 Å². The van der Waals surface area contributed by atoms with Crippen molar-refractivity contribution < 1.29 is 27.8 Å². The Labute approximate surface area is 170 Å². The number of nitrogens with one attached hydrogen (secondary N) is 2. The molecule has 1 amide bonds. The van der Waals surface area contributed by atoms with E-state index in [-0.39, 0.29) is 28.7 Å². The number of hydrogen-bond acceptors (Lipinski definition) is 8. The molecule has 30 heavy (non-hydrogen) atoms. The van der Waals surface area contributed by atoms with Crippen LogP contribution >= 0.6 is 0 Å². The van der Waals surface area contributed by atoms with Gasteiger partial charge < -0.3 is 24.8 Å². The summed E-state index contributed by atoms with van der Waals surface area (Å²) in [6, 6.07) is 0. The number of amides is 1. The highest BCUT2D eigenvalue weighted by Gasteiger charge is 2.58. The first-order valence-electron chi connectivity index (χ1n) is 9.20. The average molecular weight is 422 g/mol. The number of likely N-dealkylation sites (N-methyl/N-ethyl adjacent to an activating group) is 1. The Morgan fingerprint density at radius 2 is 2.10 bits per heavy atom. The Morgan fingerprint density at radius 1 is 1.37 bits per heavy atom. The van der Waals surface area contributed by atoms with Crippen molar-refractivity contribution in [2.24, 2.45) is 0 Å². The first-order valence-corrected chi connectivity index (χ1v) is 9.20. The molecule has 0 radical (unpaired) electrons. The normalized spacial score (nSPS) is 27.2. The fourth-order valence-corrected chi connectivity index (χ4v) is 3.62. The summed E-state index contributed by atoms with van der Waals surface area (Å²) in [5.41, 5.74) is 0.487. The predicted octanol–water partition coefficient (Wildman–Crippen LogP) is 0.648. The lowest BCUT2D eigenvalue weighted by Crippen LogP contribution is -2.41. The molecule has 4 atom stereocenters. The quantitative estimate of drug-likeness (QED) is 0.676. The van der Waals surface area contributed by atoms with Gasteiger partial charge in [-0.3, -0.25) is 9.36 Å². The van der Waals surface area contributed by atoms with Gasteiger partial charge in [0.1, 0.15) is 12.2 Å². The molecule has 2 aromatic rings. The summed E-state index contributed by atoms with van der Waals surface area (Å²) in [5.74, 6) is 1.07. The zero-order valence-electron chi connectivity index (χ0n) is 16.4. The number of imidazole rings is 1. The number of hydrogen-bond donors (Lipinski definition) is 2. The molecule has 12 heteroatoms. The second-order valence-electron chi connectivity index (χ2n) is 7.26. The number of nitrogens with zero attached hydrogens (tertiary/aromatic N) is 4. The smallest absolute Gasteiger partial charge is 0.255 e. The molecule has 0 aliphatic carbocycles. The van der Waals surface area contributed by atoms with E-state index in [1.165, 1.54) is 17.9 Å². The van der Waals surface area contributed by atoms with Crippen molar-refractivity contribution in [3.8, 4) is 12.3 Å². The Bertz CT molecular complexity index is 1020. The second kappa shape index (κ2) is 7.42. The summed E-state index contributed by atoms with van der Waals surface area (Å²) in [7, 11) is 1.50. The van der Waals surface area contributed by atoms with Gasteiger partial charge in [0.05, 0.1) is 12.9 Å². The van der Waals surface area contributed by atoms with E-state index < -0.39 is 43.3 Å². The lowest BCUT2D eigenvalue weighted by atomic mass is 10.1. The number of carbonyl (C=O) groups excluding carboxylic acids is 1. The van der Waals surface area contributed by atoms with Gasteiger partial charge >= 0.3 is 0 Å². The first kappa shape index (κ1) is 20.4. The van der Waals surface area contributed by atoms with Crippen LogP contribution < -0.4 is 10.6 Å². The monoisotopic (exact) mass is 422 g/mol. The zero-order chi connectivity index (χ0) is 21.6. The Balaban J connectivity index is 1.76. The Kier molecular flexibility index (Phi) is 5.05. The maximum Gasteiger partial charge on any atom is 0.255 e. The van der Waals surface area contributed by atoms with Crippen LogP contribution in [0.5, 0.6) is 0 Å². The van der Waals surface area contributed by atoms with E-state index in [4.69, 9.17) is 20.6 Å². The van der Waals surface area contributed by atoms with Crippen LogP contribution in [0.1, 0.15) is 25.9 Å². The van der Waals surface area contributed by atoms with Crippen molar-refractivity contribution in [1.29, 1.82) is 0 Å². The van der Waals surface area contributed by atoms with Crippen molar-refractivity contribution in [3.05, 3.63) is 12.2 Å². The van der Waals surface area contributed by atoms with Gasteiger partial charge in [0.25, 0.3) is 12.3 Å². The fourth-order valence-electron chi connectivity index (χ4n) is 3.62. The lowest BCUT2D eigenvalue weighted by Gasteiger charge is -2.24. The summed E-state index contributed by atoms with van der Waals surface area (Å²) in [6.07, 6.45) is 1.22. The second-order valence-corrected chi connectivity index (χ2v) is 7.26. The molecule has 10 nitrogen and oxygen atoms in total. The van der Waals surface area contributed by atoms with Gasteiger partial charge in [0.2, 0.25) is 5.82 Å². The molecule has 0 aromatic carbocycles. The van der Waals surface area contributed by atoms with E-state index in [9.17, 15) is 13.6 Å². The molecule has 2 aliphatic heterocycles. The van der Waals surface area contributed by atoms with Crippen LogP contribution in [-0.2, 0) is 19.0 Å². The zero-order valence-corrected chi connectivity index (χ0v) is 16.4. The highest BCUT2D eigenvalue weighted by atomic mass is 19.3. The molecule has 4 rings (SSSR count). The first-order chi connectivity index (χ1) is 14.2. The number of halogens is 2. The molecule has 2 N–H and O–H groups in total. The topological polar surface area (TPSA) is 112 Å². The molecule has 2 fully saturated rings. The molecule has 2 aromatic heterocycles. The van der Waals surface area contributed by atoms with E-state index >= 15 is 0 Å². The Morgan fingerprint density at radius 3 is 2.77 bits per heavy atom. The van der Waals surface area contributed by atoms with Crippen molar-refractivity contribution in [2.75, 3.05) is 18.9 Å². The van der Waals surface area contributed by atoms with Crippen molar-refractivity contribution in [3.63, 3.8) is 0 Å². The third kappa shape index (κ3) is 3.45. The fraction of sp³-hybridized carbons (Fsp3) is 0.556. The van der Waals surface area contributed by atoms with Gasteiger partial charge in [-0.1, -0.05) is 0 Å². The third-order valence-electron chi connectivity index (χ3n) is 4.78. The average Bonchev–Trinajstić information content (AvgIpc) is 3.35. The van der Waals surface area contributed by atoms with E-state index in [0.717, 1.165) is 0 Å². The molecule has 0 bridgehead atoms. The predicted molar refractivity (Wildman–Crippen MR) is 99.6 cm³/mol. The van der Waals surface area contributed by atoms with Crippen LogP contribution in [0.3, 0.4) is 0 Å². The largest absolute Gasteiger partial charge is 0.362 e. The van der Waals surface area contributed by atoms with Gasteiger partial charge in [-0.05, 0) is 19.8 Å². The number of carbonyl (C=O) groups is 1. The van der Waals surface area contributed by atoms with Gasteiger partial charge in [0, 0.05) is 7.05 Å². The van der Waals surface area contributed by atoms with Gasteiger partial charge in [-0.25, -0.2) is 23.7 Å². The van der Waals surface area contributed by atoms with Gasteiger partial charge in [-0.15, -0.1) is 6.42 Å². The summed E-state index contributed by atoms with van der Waals surface area (Å²) >= 11 is 0. The number of ether oxygens (including phenoxy) is 3. The van der Waals surface area contributed by atoms with Crippen LogP contribution in [0.15, 0.2) is 6.33 Å². The minimum Gasteiger partial charge on any atom is -0.362 e. The van der Waals surface area contributed by atoms with Crippen LogP contribution in [-0.4, -0.2) is 69.5 Å². The minimum atomic E-state index is -2.59. The summed E-state index contributed by atoms with van der Waals surface area (Å²) in [5, 5.41) is 5.07. The van der Waals surface area contributed by atoms with Crippen LogP contribution in [0.4, 0.5) is 14.6 Å². The molecule has 4 heterocycles. The molecule has 2 aliphatic rings. The Hall–Kier alpha value is -2.88. The maximum atomic E-state index is 12.7. The number of terminal acetylenes is 1. The molecule has 2 saturated heterocycles. The standard InChI is InChI=1S/C18H20F2N6O4/c1-5-9-24-14(22-6-8(19)20)10-15(25-9)26(7-23-10)17-13-11(29-18(2,3)30-13)12(28-17)16(27)21-4/h1,7-8,11-13,17H,6H2,2-4H3,(H,21,27)(H,22,24,25)/t11-,12+,13-,17-/m1/s1. The van der Waals surface area contributed by atoms with Gasteiger partial charge in [-0.2, -0.15) is 0 Å². The van der Waals surface area contributed by atoms with Crippen molar-refractivity contribution in [2.45, 2.75) is 50.6 Å². The highest BCUT2D eigenvalue weighted by molar-refractivity contribution is 5.84. The van der Waals surface area contributed by atoms with Crippen LogP contribution in [0.2, 0.25) is 0 Å². The van der Waals surface area contributed by atoms with Crippen molar-refractivity contribution >= 4 is 22.9 Å². The van der Waals surface area contributed by atoms with Crippen LogP contribution in [0, 0.1) is 12.3 Å². The SMILES string of the molecule is C#Cc1nc(NCC(F)F)c2ncn([C@@H]3O[C@H](C(=O)NC)[C@H]4OC(C)(C)O[C@H]43)c2n1. The number of alkyl halides is 2. The van der Waals surface area contributed by atoms with E-state index in [1.54, 1.807) is 13.8 Å². The van der Waals surface area contributed by atoms with E-state index in [0.29, 0.717) is 0 Å². The number of rotatable bonds is 5. The molecular weight excluding hydrogens is 402 g/mol. The van der Waals surface area contributed by atoms with Crippen molar-refractivity contribution in [1.82, 2.24) is 24.8 Å². The molecule has 0 spiro atoms. The highest BCUT2D eigenvalue weighted by Crippen LogP contribution is 2.44. The lowest BCUT2D eigenvalue weighted by molar-refractivity contribution is -0.197. The van der Waals surface area contributed by atoms with Gasteiger partial charge in [0.15, 0.2) is 35.1 Å². The summed E-state index contributed by atoms with van der Waals surface area (Å²) in [6.45, 7) is 2.85. The number of anilines is 1. The number of fused-ring (bicyclic) bond motifs is 2. The molecule has 160 valence electrons. The van der Waals surface area contributed by atoms with Crippen LogP contribution in [0.25, 0.3) is 11.2 Å². The summed E-state index contributed by atoms with van der Waals surface area (Å²) < 4.78 is 44.7. The molecule has 0 unspecified atom stereocenters. The number of aromatic nitrogens is 4. The minimum absolute atomic E-state index is 0.0117. The maximum absolute atomic E-state index is 12.7. The summed E-state index contributed by atoms with van der Waals surface area (Å²) in [4.78, 5) is 24.9.